The summed E-state index contributed by atoms with van der Waals surface area (Å²) in [5, 5.41) is 0. The molecule has 78 valence electrons. The lowest BCUT2D eigenvalue weighted by atomic mass is 9.87. The van der Waals surface area contributed by atoms with Crippen LogP contribution in [0.1, 0.15) is 26.3 Å². The second-order valence-electron chi connectivity index (χ2n) is 4.32. The Morgan fingerprint density at radius 1 is 1.00 bits per heavy atom. The highest BCUT2D eigenvalue weighted by Crippen LogP contribution is 2.33. The molecule has 0 spiro atoms. The number of hydrogen-bond acceptors (Lipinski definition) is 2. The van der Waals surface area contributed by atoms with Crippen molar-refractivity contribution in [3.05, 3.63) is 23.8 Å². The highest BCUT2D eigenvalue weighted by molar-refractivity contribution is 7.99. The summed E-state index contributed by atoms with van der Waals surface area (Å²) in [7, 11) is 0. The molecule has 0 saturated carbocycles. The van der Waals surface area contributed by atoms with Crippen molar-refractivity contribution in [1.29, 1.82) is 0 Å². The lowest BCUT2D eigenvalue weighted by molar-refractivity contribution is 0.577. The van der Waals surface area contributed by atoms with E-state index < -0.39 is 0 Å². The third-order valence-electron chi connectivity index (χ3n) is 2.22. The first-order valence-electron chi connectivity index (χ1n) is 4.71. The van der Waals surface area contributed by atoms with Gasteiger partial charge >= 0.3 is 0 Å². The van der Waals surface area contributed by atoms with Crippen molar-refractivity contribution in [3.8, 4) is 0 Å². The minimum Gasteiger partial charge on any atom is -0.130 e. The fourth-order valence-electron chi connectivity index (χ4n) is 1.42. The van der Waals surface area contributed by atoms with Gasteiger partial charge in [0, 0.05) is 9.79 Å². The first-order chi connectivity index (χ1) is 6.49. The molecule has 0 fully saturated rings. The van der Waals surface area contributed by atoms with Crippen molar-refractivity contribution in [3.63, 3.8) is 0 Å². The summed E-state index contributed by atoms with van der Waals surface area (Å²) < 4.78 is 0. The third-order valence-corrected chi connectivity index (χ3v) is 3.72. The molecule has 2 heteroatoms. The molecule has 0 aliphatic carbocycles. The number of hydrogen-bond donors (Lipinski definition) is 0. The Balaban J connectivity index is 3.18. The van der Waals surface area contributed by atoms with E-state index in [4.69, 9.17) is 0 Å². The largest absolute Gasteiger partial charge is 0.130 e. The Kier molecular flexibility index (Phi) is 3.96. The van der Waals surface area contributed by atoms with Crippen LogP contribution in [0.3, 0.4) is 0 Å². The number of rotatable bonds is 2. The van der Waals surface area contributed by atoms with Gasteiger partial charge in [0.05, 0.1) is 0 Å². The van der Waals surface area contributed by atoms with Crippen LogP contribution < -0.4 is 0 Å². The molecule has 1 aromatic rings. The third kappa shape index (κ3) is 2.71. The lowest BCUT2D eigenvalue weighted by Gasteiger charge is -2.22. The van der Waals surface area contributed by atoms with Crippen molar-refractivity contribution in [2.24, 2.45) is 0 Å². The molecule has 0 aliphatic heterocycles. The second-order valence-corrected chi connectivity index (χ2v) is 6.04. The van der Waals surface area contributed by atoms with Gasteiger partial charge in [-0.1, -0.05) is 26.8 Å². The molecule has 0 N–H and O–H groups in total. The molecule has 0 aliphatic rings. The molecule has 0 radical (unpaired) electrons. The van der Waals surface area contributed by atoms with Gasteiger partial charge < -0.3 is 0 Å². The highest BCUT2D eigenvalue weighted by Gasteiger charge is 2.17. The standard InChI is InChI=1S/C12H18S2/c1-12(2,3)10-7-6-9(13-4)8-11(10)14-5/h6-8H,1-5H3. The molecule has 14 heavy (non-hydrogen) atoms. The maximum Gasteiger partial charge on any atom is 0.0118 e. The van der Waals surface area contributed by atoms with E-state index in [1.165, 1.54) is 15.4 Å². The Morgan fingerprint density at radius 2 is 1.64 bits per heavy atom. The lowest BCUT2D eigenvalue weighted by Crippen LogP contribution is -2.12. The minimum atomic E-state index is 0.245. The van der Waals surface area contributed by atoms with E-state index in [0.717, 1.165) is 0 Å². The maximum atomic E-state index is 2.29. The van der Waals surface area contributed by atoms with Gasteiger partial charge in [0.25, 0.3) is 0 Å². The summed E-state index contributed by atoms with van der Waals surface area (Å²) in [5.41, 5.74) is 1.69. The molecule has 0 unspecified atom stereocenters. The van der Waals surface area contributed by atoms with Crippen molar-refractivity contribution >= 4 is 23.5 Å². The highest BCUT2D eigenvalue weighted by atomic mass is 32.2. The predicted octanol–water partition coefficient (Wildman–Crippen LogP) is 4.43. The van der Waals surface area contributed by atoms with E-state index in [1.807, 2.05) is 11.8 Å². The monoisotopic (exact) mass is 226 g/mol. The van der Waals surface area contributed by atoms with Gasteiger partial charge in [-0.3, -0.25) is 0 Å². The van der Waals surface area contributed by atoms with Crippen molar-refractivity contribution in [2.45, 2.75) is 36.0 Å². The average molecular weight is 226 g/mol. The van der Waals surface area contributed by atoms with Gasteiger partial charge in [-0.2, -0.15) is 0 Å². The molecule has 0 aromatic heterocycles. The fourth-order valence-corrected chi connectivity index (χ4v) is 2.77. The molecule has 0 nitrogen and oxygen atoms in total. The zero-order valence-corrected chi connectivity index (χ0v) is 11.2. The van der Waals surface area contributed by atoms with Crippen LogP contribution in [0, 0.1) is 0 Å². The zero-order valence-electron chi connectivity index (χ0n) is 9.55. The van der Waals surface area contributed by atoms with Crippen LogP contribution >= 0.6 is 23.5 Å². The fraction of sp³-hybridized carbons (Fsp3) is 0.500. The molecule has 0 saturated heterocycles. The van der Waals surface area contributed by atoms with Crippen molar-refractivity contribution in [1.82, 2.24) is 0 Å². The Morgan fingerprint density at radius 3 is 2.07 bits per heavy atom. The number of thioether (sulfide) groups is 2. The van der Waals surface area contributed by atoms with Crippen LogP contribution in [0.15, 0.2) is 28.0 Å². The van der Waals surface area contributed by atoms with E-state index in [0.29, 0.717) is 0 Å². The molecule has 0 amide bonds. The number of benzene rings is 1. The van der Waals surface area contributed by atoms with Crippen LogP contribution in [-0.4, -0.2) is 12.5 Å². The summed E-state index contributed by atoms with van der Waals surface area (Å²) in [6.07, 6.45) is 4.27. The Bertz CT molecular complexity index is 311. The van der Waals surface area contributed by atoms with Gasteiger partial charge in [-0.25, -0.2) is 0 Å². The molecule has 1 aromatic carbocycles. The summed E-state index contributed by atoms with van der Waals surface area (Å²) in [6.45, 7) is 6.79. The van der Waals surface area contributed by atoms with Crippen LogP contribution in [0.5, 0.6) is 0 Å². The van der Waals surface area contributed by atoms with Gasteiger partial charge in [0.1, 0.15) is 0 Å². The molecule has 0 bridgehead atoms. The molecular weight excluding hydrogens is 208 g/mol. The van der Waals surface area contributed by atoms with E-state index in [-0.39, 0.29) is 5.41 Å². The summed E-state index contributed by atoms with van der Waals surface area (Å²) in [5.74, 6) is 0. The first-order valence-corrected chi connectivity index (χ1v) is 7.16. The summed E-state index contributed by atoms with van der Waals surface area (Å²) >= 11 is 3.64. The molecular formula is C12H18S2. The van der Waals surface area contributed by atoms with Crippen LogP contribution in [0.4, 0.5) is 0 Å². The predicted molar refractivity (Wildman–Crippen MR) is 68.7 cm³/mol. The minimum absolute atomic E-state index is 0.245. The topological polar surface area (TPSA) is 0 Å². The van der Waals surface area contributed by atoms with E-state index in [9.17, 15) is 0 Å². The second kappa shape index (κ2) is 4.63. The quantitative estimate of drug-likeness (QED) is 0.684. The van der Waals surface area contributed by atoms with E-state index >= 15 is 0 Å². The Labute approximate surface area is 95.9 Å². The Hall–Kier alpha value is -0.0800. The first kappa shape index (κ1) is 12.0. The molecule has 1 rings (SSSR count). The van der Waals surface area contributed by atoms with Crippen molar-refractivity contribution < 1.29 is 0 Å². The van der Waals surface area contributed by atoms with E-state index in [2.05, 4.69) is 51.5 Å². The molecule has 0 heterocycles. The summed E-state index contributed by atoms with van der Waals surface area (Å²) in [6, 6.07) is 6.76. The van der Waals surface area contributed by atoms with Gasteiger partial charge in [-0.15, -0.1) is 23.5 Å². The van der Waals surface area contributed by atoms with E-state index in [1.54, 1.807) is 11.8 Å². The van der Waals surface area contributed by atoms with Crippen LogP contribution in [-0.2, 0) is 5.41 Å². The van der Waals surface area contributed by atoms with Gasteiger partial charge in [-0.05, 0) is 35.6 Å². The van der Waals surface area contributed by atoms with Crippen LogP contribution in [0.2, 0.25) is 0 Å². The average Bonchev–Trinajstić information content (AvgIpc) is 2.15. The van der Waals surface area contributed by atoms with Crippen LogP contribution in [0.25, 0.3) is 0 Å². The summed E-state index contributed by atoms with van der Waals surface area (Å²) in [4.78, 5) is 2.76. The SMILES string of the molecule is CSc1ccc(C(C)(C)C)c(SC)c1. The van der Waals surface area contributed by atoms with Crippen molar-refractivity contribution in [2.75, 3.05) is 12.5 Å². The normalized spacial score (nSPS) is 11.8. The smallest absolute Gasteiger partial charge is 0.0118 e. The maximum absolute atomic E-state index is 2.29. The van der Waals surface area contributed by atoms with Gasteiger partial charge in [0.15, 0.2) is 0 Å². The van der Waals surface area contributed by atoms with Gasteiger partial charge in [0.2, 0.25) is 0 Å². The zero-order chi connectivity index (χ0) is 10.8. The molecule has 0 atom stereocenters.